The molecule has 0 saturated carbocycles. The Kier molecular flexibility index (Phi) is 6.25. The van der Waals surface area contributed by atoms with Crippen LogP contribution >= 0.6 is 0 Å². The molecule has 1 atom stereocenters. The Bertz CT molecular complexity index is 91.9. The predicted octanol–water partition coefficient (Wildman–Crippen LogP) is 0.562. The van der Waals surface area contributed by atoms with Crippen molar-refractivity contribution in [1.82, 2.24) is 5.32 Å². The summed E-state index contributed by atoms with van der Waals surface area (Å²) < 4.78 is 34.6. The quantitative estimate of drug-likeness (QED) is 0.572. The Morgan fingerprint density at radius 1 is 1.36 bits per heavy atom. The van der Waals surface area contributed by atoms with Gasteiger partial charge in [-0.1, -0.05) is 0 Å². The molecular weight excluding hydrogens is 159 g/mol. The molecule has 11 heavy (non-hydrogen) atoms. The molecule has 2 nitrogen and oxygen atoms in total. The van der Waals surface area contributed by atoms with Gasteiger partial charge in [0.2, 0.25) is 0 Å². The van der Waals surface area contributed by atoms with Gasteiger partial charge < -0.3 is 10.4 Å². The third-order valence-electron chi connectivity index (χ3n) is 1.13. The topological polar surface area (TPSA) is 32.3 Å². The van der Waals surface area contributed by atoms with Gasteiger partial charge in [0.1, 0.15) is 6.10 Å². The number of rotatable bonds is 6. The summed E-state index contributed by atoms with van der Waals surface area (Å²) in [7, 11) is 0. The van der Waals surface area contributed by atoms with Crippen LogP contribution < -0.4 is 5.32 Å². The maximum Gasteiger partial charge on any atom is 0.265 e. The molecule has 1 unspecified atom stereocenters. The highest BCUT2D eigenvalue weighted by molar-refractivity contribution is 4.60. The van der Waals surface area contributed by atoms with Gasteiger partial charge in [0.15, 0.2) is 0 Å². The summed E-state index contributed by atoms with van der Waals surface area (Å²) >= 11 is 0. The van der Waals surface area contributed by atoms with E-state index in [1.54, 1.807) is 0 Å². The fourth-order valence-electron chi connectivity index (χ4n) is 0.531. The molecule has 2 N–H and O–H groups in total. The first kappa shape index (κ1) is 10.7. The Balaban J connectivity index is 3.10. The summed E-state index contributed by atoms with van der Waals surface area (Å²) in [6, 6.07) is 0. The maximum atomic E-state index is 11.6. The lowest BCUT2D eigenvalue weighted by molar-refractivity contribution is -0.00319. The molecule has 0 rings (SSSR count). The average molecular weight is 171 g/mol. The van der Waals surface area contributed by atoms with Crippen molar-refractivity contribution in [3.63, 3.8) is 0 Å². The normalized spacial score (nSPS) is 13.9. The van der Waals surface area contributed by atoms with Gasteiger partial charge in [-0.15, -0.1) is 0 Å². The number of nitrogens with one attached hydrogen (secondary N) is 1. The Morgan fingerprint density at radius 2 is 2.00 bits per heavy atom. The number of aliphatic hydroxyl groups excluding tert-OH is 1. The van der Waals surface area contributed by atoms with Crippen molar-refractivity contribution in [2.75, 3.05) is 19.8 Å². The third-order valence-corrected chi connectivity index (χ3v) is 1.13. The van der Waals surface area contributed by atoms with Crippen LogP contribution in [0.25, 0.3) is 0 Å². The van der Waals surface area contributed by atoms with E-state index in [0.717, 1.165) is 0 Å². The molecule has 0 aliphatic carbocycles. The number of aliphatic hydroxyl groups is 1. The molecule has 0 bridgehead atoms. The van der Waals surface area contributed by atoms with Gasteiger partial charge in [0.25, 0.3) is 6.43 Å². The molecule has 0 saturated heterocycles. The summed E-state index contributed by atoms with van der Waals surface area (Å²) in [5.74, 6) is 0. The smallest absolute Gasteiger partial charge is 0.265 e. The molecule has 0 aliphatic heterocycles. The van der Waals surface area contributed by atoms with Crippen molar-refractivity contribution in [2.45, 2.75) is 19.0 Å². The van der Waals surface area contributed by atoms with Crippen LogP contribution in [-0.2, 0) is 0 Å². The zero-order valence-electron chi connectivity index (χ0n) is 6.06. The van der Waals surface area contributed by atoms with Gasteiger partial charge in [-0.2, -0.15) is 0 Å². The van der Waals surface area contributed by atoms with E-state index in [1.165, 1.54) is 0 Å². The molecule has 0 radical (unpaired) electrons. The third kappa shape index (κ3) is 6.12. The number of halogens is 3. The number of hydrogen-bond donors (Lipinski definition) is 2. The van der Waals surface area contributed by atoms with E-state index < -0.39 is 19.2 Å². The number of hydrogen-bond acceptors (Lipinski definition) is 2. The minimum Gasteiger partial charge on any atom is -0.386 e. The van der Waals surface area contributed by atoms with Gasteiger partial charge in [-0.25, -0.2) is 8.78 Å². The molecule has 5 heteroatoms. The minimum absolute atomic E-state index is 0.183. The molecule has 0 fully saturated rings. The molecule has 0 aliphatic rings. The molecule has 0 heterocycles. The van der Waals surface area contributed by atoms with Crippen molar-refractivity contribution < 1.29 is 18.3 Å². The molecule has 68 valence electrons. The second-order valence-electron chi connectivity index (χ2n) is 2.15. The van der Waals surface area contributed by atoms with Gasteiger partial charge in [-0.3, -0.25) is 4.39 Å². The van der Waals surface area contributed by atoms with Gasteiger partial charge in [0.05, 0.1) is 6.67 Å². The lowest BCUT2D eigenvalue weighted by Crippen LogP contribution is -2.32. The van der Waals surface area contributed by atoms with Crippen molar-refractivity contribution in [3.05, 3.63) is 0 Å². The van der Waals surface area contributed by atoms with Crippen molar-refractivity contribution in [3.8, 4) is 0 Å². The van der Waals surface area contributed by atoms with Gasteiger partial charge in [0, 0.05) is 6.54 Å². The van der Waals surface area contributed by atoms with Gasteiger partial charge in [-0.05, 0) is 13.0 Å². The van der Waals surface area contributed by atoms with Crippen LogP contribution in [0.4, 0.5) is 13.2 Å². The first-order valence-electron chi connectivity index (χ1n) is 3.41. The summed E-state index contributed by atoms with van der Waals surface area (Å²) in [4.78, 5) is 0. The largest absolute Gasteiger partial charge is 0.386 e. The van der Waals surface area contributed by atoms with Crippen molar-refractivity contribution in [2.24, 2.45) is 0 Å². The molecular formula is C6H12F3NO. The number of alkyl halides is 3. The monoisotopic (exact) mass is 171 g/mol. The first-order valence-corrected chi connectivity index (χ1v) is 3.41. The summed E-state index contributed by atoms with van der Waals surface area (Å²) in [6.07, 6.45) is -4.09. The van der Waals surface area contributed by atoms with Crippen LogP contribution in [0.15, 0.2) is 0 Å². The highest BCUT2D eigenvalue weighted by Gasteiger charge is 2.15. The maximum absolute atomic E-state index is 11.6. The van der Waals surface area contributed by atoms with E-state index >= 15 is 0 Å². The Morgan fingerprint density at radius 3 is 2.45 bits per heavy atom. The fourth-order valence-corrected chi connectivity index (χ4v) is 0.531. The van der Waals surface area contributed by atoms with E-state index in [2.05, 4.69) is 5.32 Å². The van der Waals surface area contributed by atoms with Crippen LogP contribution in [0, 0.1) is 0 Å². The van der Waals surface area contributed by atoms with Crippen molar-refractivity contribution in [1.29, 1.82) is 0 Å². The van der Waals surface area contributed by atoms with E-state index in [1.807, 2.05) is 0 Å². The van der Waals surface area contributed by atoms with Gasteiger partial charge >= 0.3 is 0 Å². The second kappa shape index (κ2) is 6.42. The Hall–Kier alpha value is -0.290. The highest BCUT2D eigenvalue weighted by atomic mass is 19.3. The summed E-state index contributed by atoms with van der Waals surface area (Å²) in [5, 5.41) is 11.0. The van der Waals surface area contributed by atoms with Crippen LogP contribution in [0.3, 0.4) is 0 Å². The summed E-state index contributed by atoms with van der Waals surface area (Å²) in [6.45, 7) is -0.338. The highest BCUT2D eigenvalue weighted by Crippen LogP contribution is 1.98. The molecule has 0 aromatic rings. The Labute approximate surface area is 63.4 Å². The first-order chi connectivity index (χ1) is 5.18. The second-order valence-corrected chi connectivity index (χ2v) is 2.15. The van der Waals surface area contributed by atoms with E-state index in [4.69, 9.17) is 5.11 Å². The fraction of sp³-hybridized carbons (Fsp3) is 1.00. The SMILES string of the molecule is OC(CNCCCF)C(F)F. The standard InChI is InChI=1S/C6H12F3NO/c7-2-1-3-10-4-5(11)6(8)9/h5-6,10-11H,1-4H2. The van der Waals surface area contributed by atoms with Crippen molar-refractivity contribution >= 4 is 0 Å². The van der Waals surface area contributed by atoms with E-state index in [-0.39, 0.29) is 13.0 Å². The van der Waals surface area contributed by atoms with Crippen LogP contribution in [0.2, 0.25) is 0 Å². The van der Waals surface area contributed by atoms with Crippen LogP contribution in [0.1, 0.15) is 6.42 Å². The van der Waals surface area contributed by atoms with E-state index in [0.29, 0.717) is 6.54 Å². The molecule has 0 amide bonds. The average Bonchev–Trinajstić information content (AvgIpc) is 1.97. The molecule has 0 aromatic carbocycles. The lowest BCUT2D eigenvalue weighted by atomic mass is 10.3. The summed E-state index contributed by atoms with van der Waals surface area (Å²) in [5.41, 5.74) is 0. The molecule has 0 spiro atoms. The van der Waals surface area contributed by atoms with Crippen LogP contribution in [0.5, 0.6) is 0 Å². The zero-order chi connectivity index (χ0) is 8.69. The lowest BCUT2D eigenvalue weighted by Gasteiger charge is -2.09. The molecule has 0 aromatic heterocycles. The minimum atomic E-state index is -2.73. The zero-order valence-corrected chi connectivity index (χ0v) is 6.06. The van der Waals surface area contributed by atoms with E-state index in [9.17, 15) is 13.2 Å². The predicted molar refractivity (Wildman–Crippen MR) is 35.5 cm³/mol. The van der Waals surface area contributed by atoms with Crippen LogP contribution in [-0.4, -0.2) is 37.4 Å².